The van der Waals surface area contributed by atoms with Gasteiger partial charge in [-0.05, 0) is 68.5 Å². The number of fused-ring (bicyclic) bond motifs is 3. The highest BCUT2D eigenvalue weighted by molar-refractivity contribution is 5.84. The predicted molar refractivity (Wildman–Crippen MR) is 123 cm³/mol. The molecule has 4 fully saturated rings. The van der Waals surface area contributed by atoms with E-state index in [9.17, 15) is 4.79 Å². The summed E-state index contributed by atoms with van der Waals surface area (Å²) in [6.45, 7) is 2.55. The molecule has 1 N–H and O–H groups in total. The lowest BCUT2D eigenvalue weighted by molar-refractivity contribution is -0.00222. The number of aromatic nitrogens is 2. The summed E-state index contributed by atoms with van der Waals surface area (Å²) in [7, 11) is 3.73. The fraction of sp³-hybridized carbons (Fsp3) is 0.600. The van der Waals surface area contributed by atoms with Crippen molar-refractivity contribution in [2.45, 2.75) is 56.4 Å². The molecule has 0 radical (unpaired) electrons. The van der Waals surface area contributed by atoms with Gasteiger partial charge in [0.2, 0.25) is 0 Å². The van der Waals surface area contributed by atoms with E-state index in [0.717, 1.165) is 25.3 Å². The van der Waals surface area contributed by atoms with Gasteiger partial charge in [0, 0.05) is 42.9 Å². The molecule has 7 nitrogen and oxygen atoms in total. The molecule has 1 saturated carbocycles. The van der Waals surface area contributed by atoms with E-state index in [2.05, 4.69) is 28.0 Å². The molecular weight excluding hydrogens is 404 g/mol. The zero-order valence-corrected chi connectivity index (χ0v) is 19.1. The van der Waals surface area contributed by atoms with Crippen LogP contribution in [0.15, 0.2) is 30.3 Å². The summed E-state index contributed by atoms with van der Waals surface area (Å²) < 4.78 is 12.9. The number of hydrogen-bond acceptors (Lipinski definition) is 5. The first-order valence-corrected chi connectivity index (χ1v) is 12.0. The van der Waals surface area contributed by atoms with E-state index < -0.39 is 6.09 Å². The Hall–Kier alpha value is -2.54. The largest absolute Gasteiger partial charge is 0.497 e. The van der Waals surface area contributed by atoms with Crippen molar-refractivity contribution in [1.29, 1.82) is 0 Å². The van der Waals surface area contributed by atoms with Crippen LogP contribution in [0.3, 0.4) is 0 Å². The number of carbonyl (C=O) groups excluding carboxylic acids is 1. The Bertz CT molecular complexity index is 935. The van der Waals surface area contributed by atoms with Crippen LogP contribution in [0, 0.1) is 5.92 Å². The van der Waals surface area contributed by atoms with E-state index in [4.69, 9.17) is 14.6 Å². The number of ether oxygens (including phenoxy) is 2. The van der Waals surface area contributed by atoms with Crippen molar-refractivity contribution in [3.63, 3.8) is 0 Å². The summed E-state index contributed by atoms with van der Waals surface area (Å²) in [6, 6.07) is 9.94. The van der Waals surface area contributed by atoms with Crippen LogP contribution in [0.5, 0.6) is 5.75 Å². The van der Waals surface area contributed by atoms with Crippen molar-refractivity contribution < 1.29 is 14.3 Å². The van der Waals surface area contributed by atoms with Crippen LogP contribution >= 0.6 is 0 Å². The number of anilines is 1. The number of piperidine rings is 3. The number of nitrogens with zero attached hydrogens (tertiary/aromatic N) is 3. The predicted octanol–water partition coefficient (Wildman–Crippen LogP) is 4.51. The molecule has 3 saturated heterocycles. The van der Waals surface area contributed by atoms with Gasteiger partial charge in [-0.2, -0.15) is 5.10 Å². The monoisotopic (exact) mass is 438 g/mol. The zero-order valence-electron chi connectivity index (χ0n) is 19.1. The van der Waals surface area contributed by atoms with E-state index in [0.29, 0.717) is 36.1 Å². The van der Waals surface area contributed by atoms with Gasteiger partial charge in [-0.3, -0.25) is 14.9 Å². The highest BCUT2D eigenvalue weighted by Gasteiger charge is 2.42. The third-order valence-electron chi connectivity index (χ3n) is 7.71. The minimum absolute atomic E-state index is 0.300. The maximum Gasteiger partial charge on any atom is 0.411 e. The lowest BCUT2D eigenvalue weighted by Crippen LogP contribution is -2.54. The molecule has 4 heterocycles. The third kappa shape index (κ3) is 4.35. The van der Waals surface area contributed by atoms with Crippen molar-refractivity contribution in [3.8, 4) is 5.75 Å². The lowest BCUT2D eigenvalue weighted by atomic mass is 9.74. The molecule has 4 atom stereocenters. The lowest BCUT2D eigenvalue weighted by Gasteiger charge is -2.49. The summed E-state index contributed by atoms with van der Waals surface area (Å²) >= 11 is 0. The van der Waals surface area contributed by atoms with Crippen LogP contribution in [0.4, 0.5) is 10.5 Å². The maximum absolute atomic E-state index is 12.3. The summed E-state index contributed by atoms with van der Waals surface area (Å²) in [6.07, 6.45) is 7.13. The molecule has 172 valence electrons. The normalized spacial score (nSPS) is 27.4. The molecule has 2 aromatic rings. The molecule has 4 aliphatic rings. The standard InChI is InChI=1S/C25H34N4O3/c1-28-24(14-23(27-28)17-5-3-4-6-17)22-15-29-12-11-18(22)13-20(29)16-32-25(30)26-19-7-9-21(31-2)10-8-19/h7-10,14,17-18,20,22H,3-6,11-13,15-16H2,1-2H3,(H,26,30). The molecule has 4 unspecified atom stereocenters. The topological polar surface area (TPSA) is 68.6 Å². The minimum atomic E-state index is -0.401. The van der Waals surface area contributed by atoms with Crippen LogP contribution in [-0.2, 0) is 11.8 Å². The number of carbonyl (C=O) groups is 1. The first-order chi connectivity index (χ1) is 15.6. The zero-order chi connectivity index (χ0) is 22.1. The molecule has 1 aromatic heterocycles. The molecule has 6 rings (SSSR count). The van der Waals surface area contributed by atoms with Gasteiger partial charge in [0.15, 0.2) is 0 Å². The molecule has 7 heteroatoms. The smallest absolute Gasteiger partial charge is 0.411 e. The van der Waals surface area contributed by atoms with Crippen molar-refractivity contribution in [2.24, 2.45) is 13.0 Å². The molecule has 1 aromatic carbocycles. The van der Waals surface area contributed by atoms with E-state index >= 15 is 0 Å². The molecule has 0 spiro atoms. The van der Waals surface area contributed by atoms with Crippen molar-refractivity contribution >= 4 is 11.8 Å². The Morgan fingerprint density at radius 1 is 1.19 bits per heavy atom. The fourth-order valence-electron chi connectivity index (χ4n) is 5.92. The van der Waals surface area contributed by atoms with Gasteiger partial charge in [-0.1, -0.05) is 12.8 Å². The minimum Gasteiger partial charge on any atom is -0.497 e. The Labute approximate surface area is 190 Å². The van der Waals surface area contributed by atoms with Gasteiger partial charge in [-0.15, -0.1) is 0 Å². The first-order valence-electron chi connectivity index (χ1n) is 12.0. The summed E-state index contributed by atoms with van der Waals surface area (Å²) in [4.78, 5) is 14.8. The van der Waals surface area contributed by atoms with E-state index in [1.807, 2.05) is 24.3 Å². The van der Waals surface area contributed by atoms with Crippen molar-refractivity contribution in [3.05, 3.63) is 41.7 Å². The van der Waals surface area contributed by atoms with Crippen molar-refractivity contribution in [2.75, 3.05) is 32.1 Å². The third-order valence-corrected chi connectivity index (χ3v) is 7.71. The van der Waals surface area contributed by atoms with E-state index in [-0.39, 0.29) is 0 Å². The van der Waals surface area contributed by atoms with E-state index in [1.165, 1.54) is 43.5 Å². The van der Waals surface area contributed by atoms with Crippen LogP contribution in [0.1, 0.15) is 61.7 Å². The number of amides is 1. The number of hydrogen-bond donors (Lipinski definition) is 1. The van der Waals surface area contributed by atoms with Crippen LogP contribution in [0.2, 0.25) is 0 Å². The average molecular weight is 439 g/mol. The van der Waals surface area contributed by atoms with E-state index in [1.54, 1.807) is 7.11 Å². The number of rotatable bonds is 6. The van der Waals surface area contributed by atoms with Gasteiger partial charge in [0.05, 0.1) is 12.8 Å². The number of aryl methyl sites for hydroxylation is 1. The fourth-order valence-corrected chi connectivity index (χ4v) is 5.92. The van der Waals surface area contributed by atoms with Gasteiger partial charge >= 0.3 is 6.09 Å². The number of methoxy groups -OCH3 is 1. The highest BCUT2D eigenvalue weighted by atomic mass is 16.5. The van der Waals surface area contributed by atoms with Gasteiger partial charge in [0.1, 0.15) is 12.4 Å². The molecule has 3 aliphatic heterocycles. The number of benzene rings is 1. The summed E-state index contributed by atoms with van der Waals surface area (Å²) in [5.74, 6) is 2.57. The molecule has 1 amide bonds. The summed E-state index contributed by atoms with van der Waals surface area (Å²) in [5, 5.41) is 7.69. The van der Waals surface area contributed by atoms with Gasteiger partial charge < -0.3 is 9.47 Å². The second kappa shape index (κ2) is 9.14. The van der Waals surface area contributed by atoms with Crippen LogP contribution in [0.25, 0.3) is 0 Å². The second-order valence-corrected chi connectivity index (χ2v) is 9.59. The SMILES string of the molecule is COc1ccc(NC(=O)OCC2CC3CCN2CC3c2cc(C3CCCC3)nn2C)cc1. The van der Waals surface area contributed by atoms with Gasteiger partial charge in [0.25, 0.3) is 0 Å². The number of nitrogens with one attached hydrogen (secondary N) is 1. The maximum atomic E-state index is 12.3. The molecule has 2 bridgehead atoms. The Morgan fingerprint density at radius 3 is 2.66 bits per heavy atom. The second-order valence-electron chi connectivity index (χ2n) is 9.59. The van der Waals surface area contributed by atoms with Crippen LogP contribution < -0.4 is 10.1 Å². The Morgan fingerprint density at radius 2 is 1.97 bits per heavy atom. The van der Waals surface area contributed by atoms with Crippen LogP contribution in [-0.4, -0.2) is 53.6 Å². The molecule has 1 aliphatic carbocycles. The van der Waals surface area contributed by atoms with Gasteiger partial charge in [-0.25, -0.2) is 4.79 Å². The Balaban J connectivity index is 1.16. The molecular formula is C25H34N4O3. The highest BCUT2D eigenvalue weighted by Crippen LogP contribution is 2.43. The molecule has 32 heavy (non-hydrogen) atoms. The Kier molecular flexibility index (Phi) is 6.09. The quantitative estimate of drug-likeness (QED) is 0.719. The summed E-state index contributed by atoms with van der Waals surface area (Å²) in [5.41, 5.74) is 3.39. The first kappa shape index (κ1) is 21.3. The van der Waals surface area contributed by atoms with Crippen molar-refractivity contribution in [1.82, 2.24) is 14.7 Å². The average Bonchev–Trinajstić information content (AvgIpc) is 3.48.